The molecule has 22 heavy (non-hydrogen) atoms. The summed E-state index contributed by atoms with van der Waals surface area (Å²) in [5.74, 6) is -0.278. The first kappa shape index (κ1) is 18.2. The molecule has 1 aliphatic rings. The lowest BCUT2D eigenvalue weighted by atomic mass is 10.1. The minimum absolute atomic E-state index is 0.226. The standard InChI is InChI=1S/C14H17ClN4O.C2H6/c1-17-12-8-18-7-11(12)13(16)14(20)19-6-9-2-4-10(15)5-3-9;1-2/h2-5,18H,6-8,16H2,1H3,(H,19,20);1-2H3/b13-11-,17-12?;. The molecular weight excluding hydrogens is 300 g/mol. The fourth-order valence-electron chi connectivity index (χ4n) is 2.00. The van der Waals surface area contributed by atoms with Crippen molar-refractivity contribution in [3.05, 3.63) is 46.1 Å². The lowest BCUT2D eigenvalue weighted by Gasteiger charge is -2.08. The van der Waals surface area contributed by atoms with Crippen LogP contribution in [0.25, 0.3) is 0 Å². The van der Waals surface area contributed by atoms with Crippen molar-refractivity contribution in [2.45, 2.75) is 20.4 Å². The molecule has 6 heteroatoms. The molecule has 1 heterocycles. The van der Waals surface area contributed by atoms with E-state index in [-0.39, 0.29) is 11.6 Å². The predicted octanol–water partition coefficient (Wildman–Crippen LogP) is 1.87. The van der Waals surface area contributed by atoms with Crippen LogP contribution in [0.4, 0.5) is 0 Å². The number of nitrogens with zero attached hydrogens (tertiary/aromatic N) is 1. The van der Waals surface area contributed by atoms with E-state index < -0.39 is 0 Å². The minimum Gasteiger partial charge on any atom is -0.394 e. The van der Waals surface area contributed by atoms with Gasteiger partial charge in [-0.2, -0.15) is 0 Å². The van der Waals surface area contributed by atoms with Gasteiger partial charge in [-0.25, -0.2) is 0 Å². The molecule has 1 amide bonds. The summed E-state index contributed by atoms with van der Waals surface area (Å²) >= 11 is 5.81. The number of halogens is 1. The van der Waals surface area contributed by atoms with Crippen LogP contribution in [-0.4, -0.2) is 31.8 Å². The topological polar surface area (TPSA) is 79.5 Å². The molecule has 0 spiro atoms. The largest absolute Gasteiger partial charge is 0.394 e. The highest BCUT2D eigenvalue weighted by Gasteiger charge is 2.20. The second kappa shape index (κ2) is 9.23. The quantitative estimate of drug-likeness (QED) is 0.743. The van der Waals surface area contributed by atoms with Crippen LogP contribution in [-0.2, 0) is 11.3 Å². The second-order valence-electron chi connectivity index (χ2n) is 4.48. The molecule has 1 aromatic rings. The average Bonchev–Trinajstić information content (AvgIpc) is 3.03. The third kappa shape index (κ3) is 4.86. The van der Waals surface area contributed by atoms with Crippen LogP contribution in [0.15, 0.2) is 40.5 Å². The molecule has 1 aromatic carbocycles. The number of carbonyl (C=O) groups is 1. The molecule has 120 valence electrons. The normalized spacial score (nSPS) is 17.7. The number of nitrogens with two attached hydrogens (primary N) is 1. The zero-order valence-electron chi connectivity index (χ0n) is 13.2. The molecule has 0 saturated carbocycles. The second-order valence-corrected chi connectivity index (χ2v) is 4.91. The van der Waals surface area contributed by atoms with Crippen LogP contribution in [0.3, 0.4) is 0 Å². The highest BCUT2D eigenvalue weighted by molar-refractivity contribution is 6.30. The Hall–Kier alpha value is -1.85. The summed E-state index contributed by atoms with van der Waals surface area (Å²) in [7, 11) is 1.70. The van der Waals surface area contributed by atoms with Crippen molar-refractivity contribution in [2.75, 3.05) is 20.1 Å². The van der Waals surface area contributed by atoms with E-state index >= 15 is 0 Å². The Morgan fingerprint density at radius 3 is 2.55 bits per heavy atom. The van der Waals surface area contributed by atoms with E-state index in [2.05, 4.69) is 15.6 Å². The van der Waals surface area contributed by atoms with Gasteiger partial charge in [0.1, 0.15) is 5.70 Å². The van der Waals surface area contributed by atoms with Gasteiger partial charge in [0.25, 0.3) is 5.91 Å². The van der Waals surface area contributed by atoms with Gasteiger partial charge in [0, 0.05) is 37.3 Å². The number of aliphatic imine (C=N–C) groups is 1. The number of hydrogen-bond donors (Lipinski definition) is 3. The summed E-state index contributed by atoms with van der Waals surface area (Å²) in [4.78, 5) is 16.2. The summed E-state index contributed by atoms with van der Waals surface area (Å²) < 4.78 is 0. The Morgan fingerprint density at radius 2 is 1.95 bits per heavy atom. The van der Waals surface area contributed by atoms with Gasteiger partial charge in [-0.3, -0.25) is 9.79 Å². The van der Waals surface area contributed by atoms with Crippen molar-refractivity contribution in [3.8, 4) is 0 Å². The van der Waals surface area contributed by atoms with E-state index in [0.29, 0.717) is 24.7 Å². The monoisotopic (exact) mass is 322 g/mol. The van der Waals surface area contributed by atoms with Crippen LogP contribution in [0, 0.1) is 0 Å². The van der Waals surface area contributed by atoms with Crippen LogP contribution in [0.5, 0.6) is 0 Å². The van der Waals surface area contributed by atoms with Crippen LogP contribution in [0.1, 0.15) is 19.4 Å². The Bertz CT molecular complexity index is 564. The highest BCUT2D eigenvalue weighted by Crippen LogP contribution is 2.10. The molecule has 0 unspecified atom stereocenters. The van der Waals surface area contributed by atoms with Crippen molar-refractivity contribution in [3.63, 3.8) is 0 Å². The maximum atomic E-state index is 12.0. The Balaban J connectivity index is 0.00000116. The van der Waals surface area contributed by atoms with E-state index in [1.54, 1.807) is 19.2 Å². The summed E-state index contributed by atoms with van der Waals surface area (Å²) in [5.41, 5.74) is 8.71. The van der Waals surface area contributed by atoms with Gasteiger partial charge in [0.15, 0.2) is 0 Å². The number of amides is 1. The van der Waals surface area contributed by atoms with Gasteiger partial charge in [-0.1, -0.05) is 37.6 Å². The predicted molar refractivity (Wildman–Crippen MR) is 92.1 cm³/mol. The highest BCUT2D eigenvalue weighted by atomic mass is 35.5. The van der Waals surface area contributed by atoms with Crippen LogP contribution in [0.2, 0.25) is 5.02 Å². The molecule has 2 rings (SSSR count). The molecule has 0 aliphatic carbocycles. The van der Waals surface area contributed by atoms with Crippen molar-refractivity contribution < 1.29 is 4.79 Å². The lowest BCUT2D eigenvalue weighted by Crippen LogP contribution is -2.30. The fraction of sp³-hybridized carbons (Fsp3) is 0.375. The summed E-state index contributed by atoms with van der Waals surface area (Å²) in [6.07, 6.45) is 0. The van der Waals surface area contributed by atoms with Crippen LogP contribution < -0.4 is 16.4 Å². The molecule has 0 bridgehead atoms. The zero-order valence-corrected chi connectivity index (χ0v) is 14.0. The molecule has 1 saturated heterocycles. The maximum absolute atomic E-state index is 12.0. The Labute approximate surface area is 136 Å². The minimum atomic E-state index is -0.278. The van der Waals surface area contributed by atoms with Gasteiger partial charge < -0.3 is 16.4 Å². The first-order valence-electron chi connectivity index (χ1n) is 7.30. The van der Waals surface area contributed by atoms with Crippen molar-refractivity contribution in [1.82, 2.24) is 10.6 Å². The third-order valence-corrected chi connectivity index (χ3v) is 3.40. The maximum Gasteiger partial charge on any atom is 0.267 e. The first-order chi connectivity index (χ1) is 10.6. The SMILES string of the molecule is CC.CN=C1CNC/C1=C(/N)C(=O)NCc1ccc(Cl)cc1. The van der Waals surface area contributed by atoms with Crippen molar-refractivity contribution in [2.24, 2.45) is 10.7 Å². The van der Waals surface area contributed by atoms with E-state index in [9.17, 15) is 4.79 Å². The van der Waals surface area contributed by atoms with Gasteiger partial charge in [-0.05, 0) is 17.7 Å². The van der Waals surface area contributed by atoms with Gasteiger partial charge >= 0.3 is 0 Å². The molecule has 4 N–H and O–H groups in total. The first-order valence-corrected chi connectivity index (χ1v) is 7.67. The fourth-order valence-corrected chi connectivity index (χ4v) is 2.12. The summed E-state index contributed by atoms with van der Waals surface area (Å²) in [5, 5.41) is 6.59. The molecule has 0 aromatic heterocycles. The number of hydrogen-bond acceptors (Lipinski definition) is 4. The van der Waals surface area contributed by atoms with Crippen molar-refractivity contribution >= 4 is 23.2 Å². The van der Waals surface area contributed by atoms with E-state index in [1.165, 1.54) is 0 Å². The molecule has 5 nitrogen and oxygen atoms in total. The average molecular weight is 323 g/mol. The Kier molecular flexibility index (Phi) is 7.63. The van der Waals surface area contributed by atoms with Crippen molar-refractivity contribution in [1.29, 1.82) is 0 Å². The van der Waals surface area contributed by atoms with E-state index in [4.69, 9.17) is 17.3 Å². The molecule has 0 radical (unpaired) electrons. The number of carbonyl (C=O) groups excluding carboxylic acids is 1. The summed E-state index contributed by atoms with van der Waals surface area (Å²) in [6.45, 7) is 5.64. The third-order valence-electron chi connectivity index (χ3n) is 3.15. The lowest BCUT2D eigenvalue weighted by molar-refractivity contribution is -0.117. The smallest absolute Gasteiger partial charge is 0.267 e. The molecule has 1 fully saturated rings. The molecule has 1 aliphatic heterocycles. The molecular formula is C16H23ClN4O. The molecule has 0 atom stereocenters. The van der Waals surface area contributed by atoms with Gasteiger partial charge in [0.2, 0.25) is 0 Å². The van der Waals surface area contributed by atoms with Gasteiger partial charge in [0.05, 0.1) is 5.71 Å². The number of nitrogens with one attached hydrogen (secondary N) is 2. The van der Waals surface area contributed by atoms with E-state index in [0.717, 1.165) is 16.8 Å². The number of benzene rings is 1. The van der Waals surface area contributed by atoms with E-state index in [1.807, 2.05) is 26.0 Å². The summed E-state index contributed by atoms with van der Waals surface area (Å²) in [6, 6.07) is 7.30. The number of rotatable bonds is 3. The zero-order chi connectivity index (χ0) is 16.5. The van der Waals surface area contributed by atoms with Gasteiger partial charge in [-0.15, -0.1) is 0 Å². The Morgan fingerprint density at radius 1 is 1.32 bits per heavy atom. The van der Waals surface area contributed by atoms with Crippen LogP contribution >= 0.6 is 11.6 Å².